The van der Waals surface area contributed by atoms with E-state index in [4.69, 9.17) is 9.47 Å². The molecule has 0 spiro atoms. The Bertz CT molecular complexity index is 549. The van der Waals surface area contributed by atoms with Crippen molar-refractivity contribution in [1.82, 2.24) is 0 Å². The fraction of sp³-hybridized carbons (Fsp3) is 0.0714. The molecule has 0 unspecified atom stereocenters. The zero-order chi connectivity index (χ0) is 13.0. The third kappa shape index (κ3) is 2.60. The SMILES string of the molecule is COc1ccc(O)c(OC(=O)c2ccccc2)c1. The van der Waals surface area contributed by atoms with Crippen LogP contribution in [0.3, 0.4) is 0 Å². The van der Waals surface area contributed by atoms with E-state index in [0.29, 0.717) is 11.3 Å². The zero-order valence-corrected chi connectivity index (χ0v) is 9.79. The molecular formula is C14H12O4. The number of carbonyl (C=O) groups is 1. The van der Waals surface area contributed by atoms with E-state index < -0.39 is 5.97 Å². The van der Waals surface area contributed by atoms with Crippen molar-refractivity contribution in [3.8, 4) is 17.2 Å². The highest BCUT2D eigenvalue weighted by Gasteiger charge is 2.11. The fourth-order valence-electron chi connectivity index (χ4n) is 1.44. The van der Waals surface area contributed by atoms with Crippen LogP contribution in [0.4, 0.5) is 0 Å². The molecule has 2 aromatic rings. The zero-order valence-electron chi connectivity index (χ0n) is 9.79. The lowest BCUT2D eigenvalue weighted by Crippen LogP contribution is -2.08. The maximum Gasteiger partial charge on any atom is 0.343 e. The molecule has 4 nitrogen and oxygen atoms in total. The van der Waals surface area contributed by atoms with Crippen LogP contribution in [0, 0.1) is 0 Å². The largest absolute Gasteiger partial charge is 0.504 e. The van der Waals surface area contributed by atoms with Gasteiger partial charge < -0.3 is 14.6 Å². The predicted octanol–water partition coefficient (Wildman–Crippen LogP) is 2.62. The Hall–Kier alpha value is -2.49. The van der Waals surface area contributed by atoms with Crippen molar-refractivity contribution < 1.29 is 19.4 Å². The molecule has 0 saturated heterocycles. The Kier molecular flexibility index (Phi) is 3.48. The van der Waals surface area contributed by atoms with Crippen molar-refractivity contribution in [3.63, 3.8) is 0 Å². The highest BCUT2D eigenvalue weighted by molar-refractivity contribution is 5.91. The molecule has 0 saturated carbocycles. The molecule has 2 aromatic carbocycles. The van der Waals surface area contributed by atoms with Crippen LogP contribution in [0.1, 0.15) is 10.4 Å². The molecule has 18 heavy (non-hydrogen) atoms. The molecule has 0 aromatic heterocycles. The van der Waals surface area contributed by atoms with Gasteiger partial charge in [-0.3, -0.25) is 0 Å². The number of phenolic OH excluding ortho intramolecular Hbond substituents is 1. The summed E-state index contributed by atoms with van der Waals surface area (Å²) in [6.45, 7) is 0. The highest BCUT2D eigenvalue weighted by atomic mass is 16.5. The first-order valence-corrected chi connectivity index (χ1v) is 5.35. The van der Waals surface area contributed by atoms with Gasteiger partial charge in [-0.15, -0.1) is 0 Å². The summed E-state index contributed by atoms with van der Waals surface area (Å²) in [5, 5.41) is 9.59. The lowest BCUT2D eigenvalue weighted by molar-refractivity contribution is 0.0729. The van der Waals surface area contributed by atoms with Crippen molar-refractivity contribution >= 4 is 5.97 Å². The Labute approximate surface area is 104 Å². The van der Waals surface area contributed by atoms with Crippen molar-refractivity contribution in [2.45, 2.75) is 0 Å². The highest BCUT2D eigenvalue weighted by Crippen LogP contribution is 2.30. The summed E-state index contributed by atoms with van der Waals surface area (Å²) in [6.07, 6.45) is 0. The molecule has 0 atom stereocenters. The second kappa shape index (κ2) is 5.23. The maximum absolute atomic E-state index is 11.8. The van der Waals surface area contributed by atoms with Gasteiger partial charge in [0.25, 0.3) is 0 Å². The first kappa shape index (κ1) is 12.0. The summed E-state index contributed by atoms with van der Waals surface area (Å²) in [5.41, 5.74) is 0.416. The van der Waals surface area contributed by atoms with E-state index in [0.717, 1.165) is 0 Å². The maximum atomic E-state index is 11.8. The molecular weight excluding hydrogens is 232 g/mol. The quantitative estimate of drug-likeness (QED) is 0.666. The van der Waals surface area contributed by atoms with Gasteiger partial charge in [0.2, 0.25) is 0 Å². The van der Waals surface area contributed by atoms with Gasteiger partial charge >= 0.3 is 5.97 Å². The van der Waals surface area contributed by atoms with Gasteiger partial charge in [-0.05, 0) is 24.3 Å². The van der Waals surface area contributed by atoms with Crippen LogP contribution in [-0.2, 0) is 0 Å². The Morgan fingerprint density at radius 1 is 1.11 bits per heavy atom. The Balaban J connectivity index is 2.21. The van der Waals surface area contributed by atoms with Crippen LogP contribution >= 0.6 is 0 Å². The van der Waals surface area contributed by atoms with Gasteiger partial charge in [-0.25, -0.2) is 4.79 Å². The van der Waals surface area contributed by atoms with Crippen molar-refractivity contribution in [1.29, 1.82) is 0 Å². The molecule has 0 aliphatic heterocycles. The third-order valence-corrected chi connectivity index (χ3v) is 2.38. The first-order chi connectivity index (χ1) is 8.70. The summed E-state index contributed by atoms with van der Waals surface area (Å²) >= 11 is 0. The number of hydrogen-bond donors (Lipinski definition) is 1. The minimum absolute atomic E-state index is 0.0724. The van der Waals surface area contributed by atoms with Crippen LogP contribution in [0.15, 0.2) is 48.5 Å². The number of methoxy groups -OCH3 is 1. The van der Waals surface area contributed by atoms with Gasteiger partial charge in [0.15, 0.2) is 11.5 Å². The number of phenols is 1. The first-order valence-electron chi connectivity index (χ1n) is 5.35. The predicted molar refractivity (Wildman–Crippen MR) is 66.1 cm³/mol. The molecule has 0 heterocycles. The fourth-order valence-corrected chi connectivity index (χ4v) is 1.44. The van der Waals surface area contributed by atoms with Crippen molar-refractivity contribution in [3.05, 3.63) is 54.1 Å². The molecule has 4 heteroatoms. The molecule has 0 radical (unpaired) electrons. The van der Waals surface area contributed by atoms with Gasteiger partial charge in [0.05, 0.1) is 12.7 Å². The number of rotatable bonds is 3. The number of carbonyl (C=O) groups excluding carboxylic acids is 1. The minimum Gasteiger partial charge on any atom is -0.504 e. The van der Waals surface area contributed by atoms with Crippen LogP contribution in [0.2, 0.25) is 0 Å². The van der Waals surface area contributed by atoms with Gasteiger partial charge in [0.1, 0.15) is 5.75 Å². The summed E-state index contributed by atoms with van der Waals surface area (Å²) in [4.78, 5) is 11.8. The van der Waals surface area contributed by atoms with E-state index in [9.17, 15) is 9.90 Å². The number of esters is 1. The van der Waals surface area contributed by atoms with E-state index in [1.165, 1.54) is 19.2 Å². The summed E-state index contributed by atoms with van der Waals surface area (Å²) in [5.74, 6) is -0.0638. The topological polar surface area (TPSA) is 55.8 Å². The van der Waals surface area contributed by atoms with Gasteiger partial charge in [-0.1, -0.05) is 18.2 Å². The average molecular weight is 244 g/mol. The third-order valence-electron chi connectivity index (χ3n) is 2.38. The summed E-state index contributed by atoms with van der Waals surface area (Å²) in [7, 11) is 1.50. The molecule has 2 rings (SSSR count). The lowest BCUT2D eigenvalue weighted by Gasteiger charge is -2.08. The number of hydrogen-bond acceptors (Lipinski definition) is 4. The van der Waals surface area contributed by atoms with E-state index in [2.05, 4.69) is 0 Å². The van der Waals surface area contributed by atoms with E-state index in [-0.39, 0.29) is 11.5 Å². The smallest absolute Gasteiger partial charge is 0.343 e. The molecule has 0 aliphatic carbocycles. The minimum atomic E-state index is -0.529. The Morgan fingerprint density at radius 3 is 2.50 bits per heavy atom. The normalized spacial score (nSPS) is 9.83. The molecule has 92 valence electrons. The monoisotopic (exact) mass is 244 g/mol. The lowest BCUT2D eigenvalue weighted by atomic mass is 10.2. The molecule has 0 amide bonds. The van der Waals surface area contributed by atoms with E-state index in [1.807, 2.05) is 0 Å². The second-order valence-corrected chi connectivity index (χ2v) is 3.59. The molecule has 0 fully saturated rings. The Morgan fingerprint density at radius 2 is 1.83 bits per heavy atom. The van der Waals surface area contributed by atoms with Gasteiger partial charge in [-0.2, -0.15) is 0 Å². The number of benzene rings is 2. The molecule has 1 N–H and O–H groups in total. The van der Waals surface area contributed by atoms with Crippen molar-refractivity contribution in [2.75, 3.05) is 7.11 Å². The molecule has 0 bridgehead atoms. The average Bonchev–Trinajstić information content (AvgIpc) is 2.42. The van der Waals surface area contributed by atoms with Gasteiger partial charge in [0, 0.05) is 6.07 Å². The second-order valence-electron chi connectivity index (χ2n) is 3.59. The summed E-state index contributed by atoms with van der Waals surface area (Å²) in [6, 6.07) is 13.0. The van der Waals surface area contributed by atoms with Crippen LogP contribution < -0.4 is 9.47 Å². The van der Waals surface area contributed by atoms with E-state index in [1.54, 1.807) is 36.4 Å². The van der Waals surface area contributed by atoms with E-state index >= 15 is 0 Å². The summed E-state index contributed by atoms with van der Waals surface area (Å²) < 4.78 is 10.1. The van der Waals surface area contributed by atoms with Crippen molar-refractivity contribution in [2.24, 2.45) is 0 Å². The van der Waals surface area contributed by atoms with Crippen LogP contribution in [-0.4, -0.2) is 18.2 Å². The van der Waals surface area contributed by atoms with Crippen LogP contribution in [0.25, 0.3) is 0 Å². The number of ether oxygens (including phenoxy) is 2. The number of aromatic hydroxyl groups is 1. The standard InChI is InChI=1S/C14H12O4/c1-17-11-7-8-12(15)13(9-11)18-14(16)10-5-3-2-4-6-10/h2-9,15H,1H3. The molecule has 0 aliphatic rings. The van der Waals surface area contributed by atoms with Crippen LogP contribution in [0.5, 0.6) is 17.2 Å².